The first-order valence-electron chi connectivity index (χ1n) is 4.30. The molecule has 76 valence electrons. The third kappa shape index (κ3) is 3.22. The van der Waals surface area contributed by atoms with Crippen LogP contribution in [0.15, 0.2) is 29.7 Å². The van der Waals surface area contributed by atoms with Gasteiger partial charge in [-0.1, -0.05) is 19.1 Å². The number of sulfone groups is 1. The minimum Gasteiger partial charge on any atom is -0.399 e. The summed E-state index contributed by atoms with van der Waals surface area (Å²) in [5.41, 5.74) is 6.99. The largest absolute Gasteiger partial charge is 0.399 e. The third-order valence-electron chi connectivity index (χ3n) is 1.81. The van der Waals surface area contributed by atoms with Crippen molar-refractivity contribution in [2.75, 3.05) is 11.5 Å². The quantitative estimate of drug-likeness (QED) is 0.774. The summed E-state index contributed by atoms with van der Waals surface area (Å²) < 4.78 is 22.3. The minimum atomic E-state index is -3.04. The van der Waals surface area contributed by atoms with Gasteiger partial charge in [-0.15, -0.1) is 0 Å². The molecule has 1 aromatic rings. The Morgan fingerprint density at radius 1 is 1.29 bits per heavy atom. The van der Waals surface area contributed by atoms with Crippen LogP contribution in [0.25, 0.3) is 6.08 Å². The van der Waals surface area contributed by atoms with Crippen molar-refractivity contribution in [2.24, 2.45) is 0 Å². The first-order valence-corrected chi connectivity index (χ1v) is 6.01. The van der Waals surface area contributed by atoms with Crippen LogP contribution in [0.2, 0.25) is 0 Å². The molecule has 0 unspecified atom stereocenters. The lowest BCUT2D eigenvalue weighted by Gasteiger charge is -1.95. The predicted octanol–water partition coefficient (Wildman–Crippen LogP) is 1.67. The first-order chi connectivity index (χ1) is 6.53. The van der Waals surface area contributed by atoms with Crippen LogP contribution in [0.3, 0.4) is 0 Å². The van der Waals surface area contributed by atoms with Crippen molar-refractivity contribution in [1.29, 1.82) is 0 Å². The average Bonchev–Trinajstić information content (AvgIpc) is 2.17. The molecule has 0 aliphatic heterocycles. The SMILES string of the molecule is CCS(=O)(=O)C=Cc1ccc(N)cc1. The Balaban J connectivity index is 2.84. The molecule has 0 saturated heterocycles. The summed E-state index contributed by atoms with van der Waals surface area (Å²) >= 11 is 0. The van der Waals surface area contributed by atoms with E-state index in [0.717, 1.165) is 5.56 Å². The van der Waals surface area contributed by atoms with Crippen LogP contribution in [0, 0.1) is 0 Å². The van der Waals surface area contributed by atoms with E-state index >= 15 is 0 Å². The molecular weight excluding hydrogens is 198 g/mol. The Labute approximate surface area is 84.2 Å². The van der Waals surface area contributed by atoms with E-state index in [-0.39, 0.29) is 5.75 Å². The smallest absolute Gasteiger partial charge is 0.171 e. The molecule has 0 radical (unpaired) electrons. The maximum Gasteiger partial charge on any atom is 0.171 e. The van der Waals surface area contributed by atoms with Crippen LogP contribution < -0.4 is 5.73 Å². The molecule has 0 aliphatic rings. The highest BCUT2D eigenvalue weighted by Gasteiger charge is 1.99. The van der Waals surface area contributed by atoms with Crippen molar-refractivity contribution >= 4 is 21.6 Å². The second kappa shape index (κ2) is 4.28. The van der Waals surface area contributed by atoms with Gasteiger partial charge in [0, 0.05) is 11.1 Å². The number of hydrogen-bond donors (Lipinski definition) is 1. The Bertz CT molecular complexity index is 418. The summed E-state index contributed by atoms with van der Waals surface area (Å²) in [7, 11) is -3.04. The van der Waals surface area contributed by atoms with Crippen LogP contribution in [0.1, 0.15) is 12.5 Å². The lowest BCUT2D eigenvalue weighted by atomic mass is 10.2. The average molecular weight is 211 g/mol. The molecule has 0 spiro atoms. The van der Waals surface area contributed by atoms with E-state index in [1.54, 1.807) is 37.3 Å². The zero-order chi connectivity index (χ0) is 10.6. The summed E-state index contributed by atoms with van der Waals surface area (Å²) in [5.74, 6) is 0.123. The molecular formula is C10H13NO2S. The topological polar surface area (TPSA) is 60.2 Å². The van der Waals surface area contributed by atoms with E-state index in [4.69, 9.17) is 5.73 Å². The van der Waals surface area contributed by atoms with Crippen molar-refractivity contribution < 1.29 is 8.42 Å². The summed E-state index contributed by atoms with van der Waals surface area (Å²) in [4.78, 5) is 0. The standard InChI is InChI=1S/C10H13NO2S/c1-2-14(12,13)8-7-9-3-5-10(11)6-4-9/h3-8H,2,11H2,1H3. The van der Waals surface area contributed by atoms with E-state index in [2.05, 4.69) is 0 Å². The molecule has 0 bridgehead atoms. The normalized spacial score (nSPS) is 12.1. The van der Waals surface area contributed by atoms with Gasteiger partial charge in [0.2, 0.25) is 0 Å². The van der Waals surface area contributed by atoms with E-state index < -0.39 is 9.84 Å². The van der Waals surface area contributed by atoms with Gasteiger partial charge in [0.05, 0.1) is 5.75 Å². The molecule has 0 heterocycles. The molecule has 0 fully saturated rings. The monoisotopic (exact) mass is 211 g/mol. The van der Waals surface area contributed by atoms with Gasteiger partial charge in [0.25, 0.3) is 0 Å². The summed E-state index contributed by atoms with van der Waals surface area (Å²) in [6.45, 7) is 1.61. The molecule has 0 atom stereocenters. The van der Waals surface area contributed by atoms with Gasteiger partial charge in [0.15, 0.2) is 9.84 Å². The maximum atomic E-state index is 11.1. The van der Waals surface area contributed by atoms with Gasteiger partial charge in [-0.3, -0.25) is 0 Å². The van der Waals surface area contributed by atoms with Crippen LogP contribution in [0.5, 0.6) is 0 Å². The first kappa shape index (κ1) is 10.8. The number of hydrogen-bond acceptors (Lipinski definition) is 3. The zero-order valence-corrected chi connectivity index (χ0v) is 8.79. The molecule has 0 aliphatic carbocycles. The highest BCUT2D eigenvalue weighted by Crippen LogP contribution is 2.08. The summed E-state index contributed by atoms with van der Waals surface area (Å²) in [6, 6.07) is 7.02. The fraction of sp³-hybridized carbons (Fsp3) is 0.200. The van der Waals surface area contributed by atoms with Crippen LogP contribution >= 0.6 is 0 Å². The summed E-state index contributed by atoms with van der Waals surface area (Å²) in [5, 5.41) is 1.22. The number of rotatable bonds is 3. The predicted molar refractivity (Wildman–Crippen MR) is 59.3 cm³/mol. The van der Waals surface area contributed by atoms with Gasteiger partial charge in [-0.25, -0.2) is 8.42 Å². The zero-order valence-electron chi connectivity index (χ0n) is 7.97. The molecule has 3 nitrogen and oxygen atoms in total. The third-order valence-corrected chi connectivity index (χ3v) is 3.16. The fourth-order valence-corrected chi connectivity index (χ4v) is 1.44. The van der Waals surface area contributed by atoms with Crippen molar-refractivity contribution in [3.63, 3.8) is 0 Å². The van der Waals surface area contributed by atoms with Crippen LogP contribution in [0.4, 0.5) is 5.69 Å². The van der Waals surface area contributed by atoms with Gasteiger partial charge in [-0.2, -0.15) is 0 Å². The van der Waals surface area contributed by atoms with E-state index in [0.29, 0.717) is 5.69 Å². The lowest BCUT2D eigenvalue weighted by molar-refractivity contribution is 0.606. The van der Waals surface area contributed by atoms with Crippen molar-refractivity contribution in [1.82, 2.24) is 0 Å². The van der Waals surface area contributed by atoms with Gasteiger partial charge < -0.3 is 5.73 Å². The van der Waals surface area contributed by atoms with Crippen molar-refractivity contribution in [3.05, 3.63) is 35.2 Å². The molecule has 0 amide bonds. The minimum absolute atomic E-state index is 0.123. The Morgan fingerprint density at radius 2 is 1.86 bits per heavy atom. The van der Waals surface area contributed by atoms with E-state index in [9.17, 15) is 8.42 Å². The molecule has 0 aromatic heterocycles. The van der Waals surface area contributed by atoms with E-state index in [1.165, 1.54) is 5.41 Å². The number of anilines is 1. The van der Waals surface area contributed by atoms with Crippen LogP contribution in [-0.2, 0) is 9.84 Å². The number of nitrogen functional groups attached to an aromatic ring is 1. The second-order valence-electron chi connectivity index (χ2n) is 2.92. The number of benzene rings is 1. The van der Waals surface area contributed by atoms with Crippen LogP contribution in [-0.4, -0.2) is 14.2 Å². The van der Waals surface area contributed by atoms with Gasteiger partial charge in [0.1, 0.15) is 0 Å². The molecule has 0 saturated carbocycles. The second-order valence-corrected chi connectivity index (χ2v) is 5.10. The molecule has 1 rings (SSSR count). The lowest BCUT2D eigenvalue weighted by Crippen LogP contribution is -1.96. The highest BCUT2D eigenvalue weighted by molar-refractivity contribution is 7.94. The van der Waals surface area contributed by atoms with E-state index in [1.807, 2.05) is 0 Å². The Kier molecular flexibility index (Phi) is 3.30. The molecule has 14 heavy (non-hydrogen) atoms. The van der Waals surface area contributed by atoms with Gasteiger partial charge >= 0.3 is 0 Å². The molecule has 1 aromatic carbocycles. The fourth-order valence-electron chi connectivity index (χ4n) is 0.886. The van der Waals surface area contributed by atoms with Crippen molar-refractivity contribution in [3.8, 4) is 0 Å². The van der Waals surface area contributed by atoms with Crippen molar-refractivity contribution in [2.45, 2.75) is 6.92 Å². The molecule has 2 N–H and O–H groups in total. The maximum absolute atomic E-state index is 11.1. The Morgan fingerprint density at radius 3 is 2.36 bits per heavy atom. The highest BCUT2D eigenvalue weighted by atomic mass is 32.2. The summed E-state index contributed by atoms with van der Waals surface area (Å²) in [6.07, 6.45) is 1.57. The Hall–Kier alpha value is -1.29. The molecule has 4 heteroatoms. The number of nitrogens with two attached hydrogens (primary N) is 1. The van der Waals surface area contributed by atoms with Gasteiger partial charge in [-0.05, 0) is 23.8 Å².